The lowest BCUT2D eigenvalue weighted by Gasteiger charge is -2.22. The minimum Gasteiger partial charge on any atom is -0.383 e. The Morgan fingerprint density at radius 3 is 2.79 bits per heavy atom. The first-order valence-corrected chi connectivity index (χ1v) is 7.09. The lowest BCUT2D eigenvalue weighted by molar-refractivity contribution is 0.0604. The molecule has 1 atom stereocenters. The van der Waals surface area contributed by atoms with Crippen LogP contribution in [0.1, 0.15) is 22.9 Å². The number of nitrogens with one attached hydrogen (secondary N) is 1. The number of hydrogen-bond acceptors (Lipinski definition) is 3. The number of aryl methyl sites for hydroxylation is 1. The van der Waals surface area contributed by atoms with Crippen LogP contribution in [0.5, 0.6) is 0 Å². The minimum absolute atomic E-state index is 0.186. The van der Waals surface area contributed by atoms with Gasteiger partial charge in [-0.1, -0.05) is 18.2 Å². The molecule has 1 unspecified atom stereocenters. The predicted octanol–water partition coefficient (Wildman–Crippen LogP) is 3.19. The summed E-state index contributed by atoms with van der Waals surface area (Å²) < 4.78 is 13.1. The molecule has 102 valence electrons. The third kappa shape index (κ3) is 3.62. The summed E-state index contributed by atoms with van der Waals surface area (Å²) >= 11 is 1.54. The van der Waals surface area contributed by atoms with Crippen molar-refractivity contribution in [2.75, 3.05) is 6.54 Å². The summed E-state index contributed by atoms with van der Waals surface area (Å²) in [7, 11) is 0. The van der Waals surface area contributed by atoms with E-state index in [2.05, 4.69) is 5.32 Å². The Balaban J connectivity index is 1.91. The van der Waals surface area contributed by atoms with Crippen LogP contribution in [0.4, 0.5) is 4.39 Å². The van der Waals surface area contributed by atoms with Crippen molar-refractivity contribution in [1.29, 1.82) is 0 Å². The van der Waals surface area contributed by atoms with Crippen LogP contribution in [0.25, 0.3) is 0 Å². The van der Waals surface area contributed by atoms with Gasteiger partial charge in [0.2, 0.25) is 0 Å². The van der Waals surface area contributed by atoms with Gasteiger partial charge in [0, 0.05) is 18.0 Å². The quantitative estimate of drug-likeness (QED) is 0.881. The number of thiophene rings is 1. The summed E-state index contributed by atoms with van der Waals surface area (Å²) in [6.07, 6.45) is 0. The van der Waals surface area contributed by atoms with E-state index in [1.807, 2.05) is 23.6 Å². The van der Waals surface area contributed by atoms with Crippen LogP contribution in [0.2, 0.25) is 0 Å². The summed E-state index contributed by atoms with van der Waals surface area (Å²) in [5.74, 6) is -0.186. The van der Waals surface area contributed by atoms with Crippen molar-refractivity contribution >= 4 is 11.3 Å². The smallest absolute Gasteiger partial charge is 0.126 e. The zero-order chi connectivity index (χ0) is 13.9. The van der Waals surface area contributed by atoms with E-state index in [0.717, 1.165) is 10.4 Å². The maximum atomic E-state index is 13.1. The van der Waals surface area contributed by atoms with Crippen LogP contribution in [0.15, 0.2) is 35.7 Å². The number of aliphatic hydroxyl groups is 1. The summed E-state index contributed by atoms with van der Waals surface area (Å²) in [6, 6.07) is 8.91. The molecular formula is C15H18FNOS. The predicted molar refractivity (Wildman–Crippen MR) is 76.7 cm³/mol. The van der Waals surface area contributed by atoms with Gasteiger partial charge in [-0.2, -0.15) is 0 Å². The van der Waals surface area contributed by atoms with Crippen LogP contribution in [0.3, 0.4) is 0 Å². The highest BCUT2D eigenvalue weighted by Crippen LogP contribution is 2.24. The highest BCUT2D eigenvalue weighted by Gasteiger charge is 2.23. The number of benzene rings is 1. The molecule has 2 aromatic rings. The van der Waals surface area contributed by atoms with Gasteiger partial charge < -0.3 is 10.4 Å². The van der Waals surface area contributed by atoms with Crippen molar-refractivity contribution in [3.05, 3.63) is 57.5 Å². The Morgan fingerprint density at radius 2 is 2.16 bits per heavy atom. The van der Waals surface area contributed by atoms with E-state index >= 15 is 0 Å². The number of rotatable bonds is 5. The van der Waals surface area contributed by atoms with Crippen LogP contribution in [-0.4, -0.2) is 11.7 Å². The Bertz CT molecular complexity index is 537. The van der Waals surface area contributed by atoms with Crippen molar-refractivity contribution < 1.29 is 9.50 Å². The van der Waals surface area contributed by atoms with Crippen molar-refractivity contribution in [2.45, 2.75) is 26.0 Å². The highest BCUT2D eigenvalue weighted by atomic mass is 32.1. The molecule has 0 radical (unpaired) electrons. The van der Waals surface area contributed by atoms with Gasteiger partial charge in [-0.25, -0.2) is 4.39 Å². The van der Waals surface area contributed by atoms with Gasteiger partial charge >= 0.3 is 0 Å². The van der Waals surface area contributed by atoms with Crippen molar-refractivity contribution in [1.82, 2.24) is 5.32 Å². The minimum atomic E-state index is -0.872. The van der Waals surface area contributed by atoms with E-state index < -0.39 is 5.60 Å². The SMILES string of the molecule is Cc1cc(CNCC(C)(O)c2cccs2)ccc1F. The zero-order valence-corrected chi connectivity index (χ0v) is 11.9. The van der Waals surface area contributed by atoms with Gasteiger partial charge in [-0.15, -0.1) is 11.3 Å². The zero-order valence-electron chi connectivity index (χ0n) is 11.1. The molecule has 0 fully saturated rings. The second-order valence-electron chi connectivity index (χ2n) is 4.94. The van der Waals surface area contributed by atoms with Crippen LogP contribution in [0, 0.1) is 12.7 Å². The molecule has 1 heterocycles. The molecular weight excluding hydrogens is 261 g/mol. The first-order valence-electron chi connectivity index (χ1n) is 6.21. The summed E-state index contributed by atoms with van der Waals surface area (Å²) in [5.41, 5.74) is 0.786. The van der Waals surface area contributed by atoms with Crippen LogP contribution >= 0.6 is 11.3 Å². The van der Waals surface area contributed by atoms with Gasteiger partial charge in [0.1, 0.15) is 11.4 Å². The molecule has 0 aliphatic carbocycles. The molecule has 0 amide bonds. The lowest BCUT2D eigenvalue weighted by Crippen LogP contribution is -2.34. The normalized spacial score (nSPS) is 14.3. The maximum Gasteiger partial charge on any atom is 0.126 e. The van der Waals surface area contributed by atoms with Crippen molar-refractivity contribution in [3.8, 4) is 0 Å². The molecule has 0 aliphatic heterocycles. The van der Waals surface area contributed by atoms with E-state index in [-0.39, 0.29) is 5.82 Å². The molecule has 0 saturated carbocycles. The maximum absolute atomic E-state index is 13.1. The first-order chi connectivity index (χ1) is 8.99. The Labute approximate surface area is 116 Å². The van der Waals surface area contributed by atoms with E-state index in [0.29, 0.717) is 18.7 Å². The summed E-state index contributed by atoms with van der Waals surface area (Å²) in [5, 5.41) is 15.5. The Kier molecular flexibility index (Phi) is 4.34. The van der Waals surface area contributed by atoms with E-state index in [1.165, 1.54) is 6.07 Å². The molecule has 0 spiro atoms. The standard InChI is InChI=1S/C15H18FNOS/c1-11-8-12(5-6-13(11)16)9-17-10-15(2,18)14-4-3-7-19-14/h3-8,17-18H,9-10H2,1-2H3. The molecule has 4 heteroatoms. The van der Waals surface area contributed by atoms with Gasteiger partial charge in [0.25, 0.3) is 0 Å². The van der Waals surface area contributed by atoms with Gasteiger partial charge in [-0.3, -0.25) is 0 Å². The topological polar surface area (TPSA) is 32.3 Å². The monoisotopic (exact) mass is 279 g/mol. The number of hydrogen-bond donors (Lipinski definition) is 2. The fourth-order valence-corrected chi connectivity index (χ4v) is 2.73. The third-order valence-corrected chi connectivity index (χ3v) is 4.20. The summed E-state index contributed by atoms with van der Waals surface area (Å²) in [6.45, 7) is 4.62. The largest absolute Gasteiger partial charge is 0.383 e. The molecule has 0 saturated heterocycles. The summed E-state index contributed by atoms with van der Waals surface area (Å²) in [4.78, 5) is 0.940. The van der Waals surface area contributed by atoms with Gasteiger partial charge in [0.05, 0.1) is 0 Å². The Hall–Kier alpha value is -1.23. The van der Waals surface area contributed by atoms with Crippen LogP contribution in [-0.2, 0) is 12.1 Å². The molecule has 2 rings (SSSR count). The first kappa shape index (κ1) is 14.2. The lowest BCUT2D eigenvalue weighted by atomic mass is 10.0. The van der Waals surface area contributed by atoms with E-state index in [4.69, 9.17) is 0 Å². The van der Waals surface area contributed by atoms with E-state index in [9.17, 15) is 9.50 Å². The molecule has 19 heavy (non-hydrogen) atoms. The Morgan fingerprint density at radius 1 is 1.37 bits per heavy atom. The fourth-order valence-electron chi connectivity index (χ4n) is 1.94. The van der Waals surface area contributed by atoms with Crippen molar-refractivity contribution in [3.63, 3.8) is 0 Å². The molecule has 2 nitrogen and oxygen atoms in total. The molecule has 2 N–H and O–H groups in total. The van der Waals surface area contributed by atoms with Gasteiger partial charge in [-0.05, 0) is 42.5 Å². The second-order valence-corrected chi connectivity index (χ2v) is 5.89. The van der Waals surface area contributed by atoms with Gasteiger partial charge in [0.15, 0.2) is 0 Å². The number of halogens is 1. The van der Waals surface area contributed by atoms with Crippen LogP contribution < -0.4 is 5.32 Å². The average Bonchev–Trinajstić information content (AvgIpc) is 2.88. The molecule has 1 aromatic heterocycles. The van der Waals surface area contributed by atoms with E-state index in [1.54, 1.807) is 31.3 Å². The molecule has 0 aliphatic rings. The fraction of sp³-hybridized carbons (Fsp3) is 0.333. The molecule has 0 bridgehead atoms. The van der Waals surface area contributed by atoms with Crippen molar-refractivity contribution in [2.24, 2.45) is 0 Å². The second kappa shape index (κ2) is 5.82. The average molecular weight is 279 g/mol. The molecule has 1 aromatic carbocycles. The highest BCUT2D eigenvalue weighted by molar-refractivity contribution is 7.10. The third-order valence-electron chi connectivity index (χ3n) is 3.07.